The summed E-state index contributed by atoms with van der Waals surface area (Å²) in [6, 6.07) is -1.13. The van der Waals surface area contributed by atoms with Gasteiger partial charge in [-0.05, 0) is 20.8 Å². The summed E-state index contributed by atoms with van der Waals surface area (Å²) in [5.41, 5.74) is -0.522. The molecule has 2 atom stereocenters. The molecular formula is C13H19N4O3+. The Bertz CT molecular complexity index is 540. The molecule has 0 aromatic carbocycles. The van der Waals surface area contributed by atoms with Crippen molar-refractivity contribution in [1.29, 1.82) is 0 Å². The van der Waals surface area contributed by atoms with Crippen molar-refractivity contribution in [2.75, 3.05) is 13.6 Å². The van der Waals surface area contributed by atoms with Crippen LogP contribution >= 0.6 is 0 Å². The molecule has 1 fully saturated rings. The van der Waals surface area contributed by atoms with Gasteiger partial charge in [-0.2, -0.15) is 4.48 Å². The van der Waals surface area contributed by atoms with Crippen LogP contribution in [0.4, 0.5) is 10.6 Å². The van der Waals surface area contributed by atoms with Gasteiger partial charge in [0.1, 0.15) is 18.3 Å². The number of carbonyl (C=O) groups is 2. The van der Waals surface area contributed by atoms with Crippen LogP contribution in [0.3, 0.4) is 0 Å². The molecule has 1 N–H and O–H groups in total. The van der Waals surface area contributed by atoms with Gasteiger partial charge >= 0.3 is 12.0 Å². The van der Waals surface area contributed by atoms with E-state index < -0.39 is 17.6 Å². The molecule has 0 aliphatic carbocycles. The van der Waals surface area contributed by atoms with Gasteiger partial charge in [0.05, 0.1) is 6.20 Å². The Morgan fingerprint density at radius 2 is 2.10 bits per heavy atom. The van der Waals surface area contributed by atoms with E-state index in [2.05, 4.69) is 9.97 Å². The first-order valence-electron chi connectivity index (χ1n) is 6.37. The second kappa shape index (κ2) is 4.52. The van der Waals surface area contributed by atoms with Gasteiger partial charge in [0.15, 0.2) is 6.04 Å². The van der Waals surface area contributed by atoms with E-state index in [0.717, 1.165) is 0 Å². The first-order valence-corrected chi connectivity index (χ1v) is 6.37. The number of quaternary nitrogens is 1. The average molecular weight is 279 g/mol. The van der Waals surface area contributed by atoms with Crippen LogP contribution in [0.5, 0.6) is 0 Å². The van der Waals surface area contributed by atoms with Gasteiger partial charge in [0, 0.05) is 13.2 Å². The van der Waals surface area contributed by atoms with E-state index in [-0.39, 0.29) is 17.1 Å². The molecule has 0 bridgehead atoms. The summed E-state index contributed by atoms with van der Waals surface area (Å²) in [5.74, 6) is -0.533. The largest absolute Gasteiger partial charge is 0.480 e. The van der Waals surface area contributed by atoms with Crippen LogP contribution in [0, 0.1) is 0 Å². The molecule has 0 spiro atoms. The van der Waals surface area contributed by atoms with Crippen LogP contribution in [-0.2, 0) is 4.79 Å². The average Bonchev–Trinajstić information content (AvgIpc) is 2.64. The van der Waals surface area contributed by atoms with E-state index in [1.165, 1.54) is 30.5 Å². The summed E-state index contributed by atoms with van der Waals surface area (Å²) >= 11 is 0. The molecule has 2 unspecified atom stereocenters. The zero-order valence-electron chi connectivity index (χ0n) is 12.1. The number of carboxylic acid groups (broad SMARTS) is 1. The van der Waals surface area contributed by atoms with Gasteiger partial charge in [-0.3, -0.25) is 9.88 Å². The van der Waals surface area contributed by atoms with Crippen molar-refractivity contribution in [2.45, 2.75) is 32.4 Å². The van der Waals surface area contributed by atoms with Crippen LogP contribution < -0.4 is 4.48 Å². The molecule has 2 rings (SSSR count). The third-order valence-corrected chi connectivity index (χ3v) is 3.91. The minimum Gasteiger partial charge on any atom is -0.480 e. The van der Waals surface area contributed by atoms with E-state index in [1.807, 2.05) is 20.8 Å². The molecule has 7 heteroatoms. The van der Waals surface area contributed by atoms with Gasteiger partial charge in [0.2, 0.25) is 0 Å². The number of likely N-dealkylation sites (N-methyl/N-ethyl adjacent to an activating group) is 1. The van der Waals surface area contributed by atoms with Crippen LogP contribution in [0.25, 0.3) is 0 Å². The van der Waals surface area contributed by atoms with Gasteiger partial charge < -0.3 is 5.11 Å². The van der Waals surface area contributed by atoms with Crippen molar-refractivity contribution in [3.8, 4) is 0 Å². The smallest absolute Gasteiger partial charge is 0.426 e. The molecule has 1 aliphatic rings. The fourth-order valence-corrected chi connectivity index (χ4v) is 2.69. The number of rotatable bonds is 2. The quantitative estimate of drug-likeness (QED) is 0.820. The molecule has 2 heterocycles. The minimum absolute atomic E-state index is 0.145. The number of aromatic nitrogens is 2. The van der Waals surface area contributed by atoms with Crippen molar-refractivity contribution in [3.63, 3.8) is 0 Å². The SMILES string of the molecule is CN1C(=O)[N+](c2cnccn2)(C(C)(C)C)CC1C(=O)O. The maximum absolute atomic E-state index is 12.8. The molecule has 1 saturated heterocycles. The molecule has 1 aromatic rings. The Morgan fingerprint density at radius 1 is 1.45 bits per heavy atom. The Hall–Kier alpha value is -2.02. The lowest BCUT2D eigenvalue weighted by Gasteiger charge is -2.40. The molecule has 1 aliphatic heterocycles. The van der Waals surface area contributed by atoms with Crippen molar-refractivity contribution in [1.82, 2.24) is 19.4 Å². The predicted molar refractivity (Wildman–Crippen MR) is 73.0 cm³/mol. The van der Waals surface area contributed by atoms with Crippen molar-refractivity contribution in [2.24, 2.45) is 0 Å². The topological polar surface area (TPSA) is 83.4 Å². The highest BCUT2D eigenvalue weighted by molar-refractivity contribution is 5.94. The highest BCUT2D eigenvalue weighted by Crippen LogP contribution is 2.38. The Kier molecular flexibility index (Phi) is 3.25. The summed E-state index contributed by atoms with van der Waals surface area (Å²) in [7, 11) is 1.52. The third-order valence-electron chi connectivity index (χ3n) is 3.91. The monoisotopic (exact) mass is 279 g/mol. The summed E-state index contributed by atoms with van der Waals surface area (Å²) in [6.45, 7) is 5.85. The number of hydrogen-bond acceptors (Lipinski definition) is 4. The third kappa shape index (κ3) is 1.85. The number of carboxylic acids is 1. The highest BCUT2D eigenvalue weighted by Gasteiger charge is 2.61. The number of urea groups is 1. The lowest BCUT2D eigenvalue weighted by molar-refractivity contribution is -0.140. The molecule has 108 valence electrons. The lowest BCUT2D eigenvalue weighted by atomic mass is 10.0. The second-order valence-electron chi connectivity index (χ2n) is 5.97. The van der Waals surface area contributed by atoms with E-state index in [1.54, 1.807) is 0 Å². The maximum Gasteiger partial charge on any atom is 0.426 e. The molecule has 20 heavy (non-hydrogen) atoms. The number of carbonyl (C=O) groups excluding carboxylic acids is 1. The lowest BCUT2D eigenvalue weighted by Crippen LogP contribution is -2.64. The van der Waals surface area contributed by atoms with Crippen LogP contribution in [0.2, 0.25) is 0 Å². The Labute approximate surface area is 117 Å². The number of nitrogens with zero attached hydrogens (tertiary/aromatic N) is 4. The molecule has 2 amide bonds. The normalized spacial score (nSPS) is 26.9. The van der Waals surface area contributed by atoms with Gasteiger partial charge in [0.25, 0.3) is 5.82 Å². The zero-order valence-corrected chi connectivity index (χ0v) is 12.1. The van der Waals surface area contributed by atoms with Crippen LogP contribution in [-0.4, -0.2) is 57.1 Å². The van der Waals surface area contributed by atoms with Crippen LogP contribution in [0.1, 0.15) is 20.8 Å². The summed E-state index contributed by atoms with van der Waals surface area (Å²) in [5, 5.41) is 9.31. The highest BCUT2D eigenvalue weighted by atomic mass is 16.4. The van der Waals surface area contributed by atoms with E-state index in [0.29, 0.717) is 5.82 Å². The predicted octanol–water partition coefficient (Wildman–Crippen LogP) is 1.10. The Balaban J connectivity index is 2.62. The standard InChI is InChI=1S/C13H18N4O3/c1-13(2,3)17(10-7-14-5-6-15-10)8-9(11(18)19)16(4)12(17)20/h5-7,9H,8H2,1-4H3/p+1. The zero-order chi connectivity index (χ0) is 15.1. The van der Waals surface area contributed by atoms with E-state index in [9.17, 15) is 14.7 Å². The molecule has 0 saturated carbocycles. The van der Waals surface area contributed by atoms with E-state index in [4.69, 9.17) is 0 Å². The number of aliphatic carboxylic acids is 1. The van der Waals surface area contributed by atoms with Gasteiger partial charge in [-0.15, -0.1) is 0 Å². The first kappa shape index (κ1) is 14.4. The fraction of sp³-hybridized carbons (Fsp3) is 0.538. The Morgan fingerprint density at radius 3 is 2.50 bits per heavy atom. The maximum atomic E-state index is 12.8. The second-order valence-corrected chi connectivity index (χ2v) is 5.97. The summed E-state index contributed by atoms with van der Waals surface area (Å²) in [6.07, 6.45) is 4.57. The fourth-order valence-electron chi connectivity index (χ4n) is 2.69. The first-order chi connectivity index (χ1) is 9.22. The minimum atomic E-state index is -1.01. The number of amides is 2. The summed E-state index contributed by atoms with van der Waals surface area (Å²) < 4.78 is -0.145. The molecular weight excluding hydrogens is 260 g/mol. The molecule has 0 radical (unpaired) electrons. The van der Waals surface area contributed by atoms with Crippen LogP contribution in [0.15, 0.2) is 18.6 Å². The van der Waals surface area contributed by atoms with Crippen molar-refractivity contribution >= 4 is 17.8 Å². The summed E-state index contributed by atoms with van der Waals surface area (Å²) in [4.78, 5) is 33.7. The molecule has 1 aromatic heterocycles. The van der Waals surface area contributed by atoms with Gasteiger partial charge in [-0.1, -0.05) is 0 Å². The van der Waals surface area contributed by atoms with Gasteiger partial charge in [-0.25, -0.2) is 14.6 Å². The molecule has 7 nitrogen and oxygen atoms in total. The van der Waals surface area contributed by atoms with Crippen molar-refractivity contribution in [3.05, 3.63) is 18.6 Å². The van der Waals surface area contributed by atoms with Crippen molar-refractivity contribution < 1.29 is 14.7 Å². The number of hydrogen-bond donors (Lipinski definition) is 1. The van der Waals surface area contributed by atoms with E-state index >= 15 is 0 Å².